The summed E-state index contributed by atoms with van der Waals surface area (Å²) in [6.07, 6.45) is 6.63. The van der Waals surface area contributed by atoms with Gasteiger partial charge in [-0.15, -0.1) is 0 Å². The number of rotatable bonds is 6. The Morgan fingerprint density at radius 2 is 1.88 bits per heavy atom. The summed E-state index contributed by atoms with van der Waals surface area (Å²) in [5.41, 5.74) is 0. The predicted molar refractivity (Wildman–Crippen MR) is 66.6 cm³/mol. The Labute approximate surface area is 103 Å². The van der Waals surface area contributed by atoms with E-state index in [1.165, 1.54) is 26.2 Å². The standard InChI is InChI=1S/C12H22O4S/c1-10(12(13)14)9-17(15,16)8-7-11-5-3-2-4-6-11/h10-11H,2-9H2,1H3,(H,13,14). The third-order valence-corrected chi connectivity index (χ3v) is 5.35. The average molecular weight is 262 g/mol. The van der Waals surface area contributed by atoms with E-state index in [2.05, 4.69) is 0 Å². The molecule has 4 nitrogen and oxygen atoms in total. The lowest BCUT2D eigenvalue weighted by Crippen LogP contribution is -2.24. The zero-order valence-corrected chi connectivity index (χ0v) is 11.2. The Bertz CT molecular complexity index is 342. The van der Waals surface area contributed by atoms with Gasteiger partial charge in [0.05, 0.1) is 17.4 Å². The van der Waals surface area contributed by atoms with Gasteiger partial charge in [0.15, 0.2) is 9.84 Å². The van der Waals surface area contributed by atoms with Gasteiger partial charge in [0, 0.05) is 0 Å². The van der Waals surface area contributed by atoms with Gasteiger partial charge in [-0.1, -0.05) is 39.0 Å². The summed E-state index contributed by atoms with van der Waals surface area (Å²) in [5, 5.41) is 8.70. The molecule has 0 heterocycles. The smallest absolute Gasteiger partial charge is 0.307 e. The lowest BCUT2D eigenvalue weighted by Gasteiger charge is -2.21. The summed E-state index contributed by atoms with van der Waals surface area (Å²) in [5.74, 6) is -1.39. The molecule has 1 fully saturated rings. The molecule has 1 atom stereocenters. The van der Waals surface area contributed by atoms with Crippen molar-refractivity contribution in [1.29, 1.82) is 0 Å². The summed E-state index contributed by atoms with van der Waals surface area (Å²) in [7, 11) is -3.21. The lowest BCUT2D eigenvalue weighted by molar-refractivity contribution is -0.140. The first-order valence-electron chi connectivity index (χ1n) is 6.34. The highest BCUT2D eigenvalue weighted by molar-refractivity contribution is 7.91. The van der Waals surface area contributed by atoms with Gasteiger partial charge >= 0.3 is 5.97 Å². The van der Waals surface area contributed by atoms with E-state index in [0.29, 0.717) is 12.3 Å². The second-order valence-electron chi connectivity index (χ2n) is 5.15. The molecule has 1 aliphatic rings. The van der Waals surface area contributed by atoms with Crippen LogP contribution in [0.4, 0.5) is 0 Å². The van der Waals surface area contributed by atoms with Crippen LogP contribution in [0.3, 0.4) is 0 Å². The van der Waals surface area contributed by atoms with E-state index in [0.717, 1.165) is 12.8 Å². The topological polar surface area (TPSA) is 71.4 Å². The Hall–Kier alpha value is -0.580. The van der Waals surface area contributed by atoms with Gasteiger partial charge in [-0.3, -0.25) is 4.79 Å². The molecule has 0 aromatic heterocycles. The molecule has 0 aliphatic heterocycles. The van der Waals surface area contributed by atoms with Crippen LogP contribution in [0.1, 0.15) is 45.4 Å². The van der Waals surface area contributed by atoms with Gasteiger partial charge in [0.2, 0.25) is 0 Å². The molecule has 1 unspecified atom stereocenters. The number of sulfone groups is 1. The van der Waals surface area contributed by atoms with Crippen LogP contribution in [-0.4, -0.2) is 31.0 Å². The molecule has 0 spiro atoms. The predicted octanol–water partition coefficient (Wildman–Crippen LogP) is 2.09. The van der Waals surface area contributed by atoms with Crippen molar-refractivity contribution < 1.29 is 18.3 Å². The van der Waals surface area contributed by atoms with Crippen molar-refractivity contribution in [1.82, 2.24) is 0 Å². The minimum atomic E-state index is -3.21. The van der Waals surface area contributed by atoms with Crippen molar-refractivity contribution in [3.8, 4) is 0 Å². The maximum Gasteiger partial charge on any atom is 0.307 e. The van der Waals surface area contributed by atoms with Crippen molar-refractivity contribution in [3.05, 3.63) is 0 Å². The fourth-order valence-corrected chi connectivity index (χ4v) is 4.12. The maximum atomic E-state index is 11.7. The molecule has 1 rings (SSSR count). The molecule has 5 heteroatoms. The van der Waals surface area contributed by atoms with E-state index in [4.69, 9.17) is 5.11 Å². The van der Waals surface area contributed by atoms with E-state index in [1.807, 2.05) is 0 Å². The molecule has 0 aromatic rings. The largest absolute Gasteiger partial charge is 0.481 e. The fourth-order valence-electron chi connectivity index (χ4n) is 2.36. The third-order valence-electron chi connectivity index (χ3n) is 3.49. The monoisotopic (exact) mass is 262 g/mol. The number of aliphatic carboxylic acids is 1. The van der Waals surface area contributed by atoms with Gasteiger partial charge in [-0.25, -0.2) is 8.42 Å². The molecule has 0 radical (unpaired) electrons. The summed E-state index contributed by atoms with van der Waals surface area (Å²) < 4.78 is 23.4. The van der Waals surface area contributed by atoms with E-state index in [1.54, 1.807) is 0 Å². The van der Waals surface area contributed by atoms with Gasteiger partial charge in [-0.05, 0) is 12.3 Å². The van der Waals surface area contributed by atoms with Gasteiger partial charge in [0.1, 0.15) is 0 Å². The first kappa shape index (κ1) is 14.5. The van der Waals surface area contributed by atoms with Gasteiger partial charge < -0.3 is 5.11 Å². The lowest BCUT2D eigenvalue weighted by atomic mass is 9.88. The minimum absolute atomic E-state index is 0.148. The van der Waals surface area contributed by atoms with Crippen LogP contribution < -0.4 is 0 Å². The number of hydrogen-bond acceptors (Lipinski definition) is 3. The number of carboxylic acid groups (broad SMARTS) is 1. The van der Waals surface area contributed by atoms with Crippen LogP contribution in [0.2, 0.25) is 0 Å². The Kier molecular flexibility index (Phi) is 5.43. The Balaban J connectivity index is 2.35. The van der Waals surface area contributed by atoms with Gasteiger partial charge in [0.25, 0.3) is 0 Å². The van der Waals surface area contributed by atoms with Crippen molar-refractivity contribution in [2.24, 2.45) is 11.8 Å². The molecule has 0 bridgehead atoms. The van der Waals surface area contributed by atoms with Crippen molar-refractivity contribution in [3.63, 3.8) is 0 Å². The number of carbonyl (C=O) groups is 1. The summed E-state index contributed by atoms with van der Waals surface area (Å²) in [6, 6.07) is 0. The number of hydrogen-bond donors (Lipinski definition) is 1. The maximum absolute atomic E-state index is 11.7. The van der Waals surface area contributed by atoms with Crippen LogP contribution in [-0.2, 0) is 14.6 Å². The quantitative estimate of drug-likeness (QED) is 0.795. The van der Waals surface area contributed by atoms with E-state index in [9.17, 15) is 13.2 Å². The van der Waals surface area contributed by atoms with Crippen LogP contribution in [0, 0.1) is 11.8 Å². The molecule has 0 amide bonds. The van der Waals surface area contributed by atoms with Crippen molar-refractivity contribution in [2.45, 2.75) is 45.4 Å². The highest BCUT2D eigenvalue weighted by Crippen LogP contribution is 2.26. The molecule has 0 saturated heterocycles. The SMILES string of the molecule is CC(CS(=O)(=O)CCC1CCCCC1)C(=O)O. The highest BCUT2D eigenvalue weighted by Gasteiger charge is 2.22. The number of carboxylic acids is 1. The first-order chi connectivity index (χ1) is 7.91. The molecule has 1 aliphatic carbocycles. The second-order valence-corrected chi connectivity index (χ2v) is 7.38. The minimum Gasteiger partial charge on any atom is -0.481 e. The third kappa shape index (κ3) is 5.52. The Morgan fingerprint density at radius 3 is 2.41 bits per heavy atom. The van der Waals surface area contributed by atoms with Crippen LogP contribution >= 0.6 is 0 Å². The normalized spacial score (nSPS) is 20.1. The molecular weight excluding hydrogens is 240 g/mol. The van der Waals surface area contributed by atoms with Gasteiger partial charge in [-0.2, -0.15) is 0 Å². The first-order valence-corrected chi connectivity index (χ1v) is 8.16. The zero-order valence-electron chi connectivity index (χ0n) is 10.4. The van der Waals surface area contributed by atoms with Crippen molar-refractivity contribution in [2.75, 3.05) is 11.5 Å². The Morgan fingerprint density at radius 1 is 1.29 bits per heavy atom. The molecule has 100 valence electrons. The highest BCUT2D eigenvalue weighted by atomic mass is 32.2. The average Bonchev–Trinajstić information content (AvgIpc) is 2.27. The molecule has 0 aromatic carbocycles. The van der Waals surface area contributed by atoms with E-state index in [-0.39, 0.29) is 11.5 Å². The molecule has 17 heavy (non-hydrogen) atoms. The molecule has 1 saturated carbocycles. The second kappa shape index (κ2) is 6.38. The fraction of sp³-hybridized carbons (Fsp3) is 0.917. The summed E-state index contributed by atoms with van der Waals surface area (Å²) in [4.78, 5) is 10.6. The summed E-state index contributed by atoms with van der Waals surface area (Å²) in [6.45, 7) is 1.44. The van der Waals surface area contributed by atoms with E-state index < -0.39 is 21.7 Å². The summed E-state index contributed by atoms with van der Waals surface area (Å²) >= 11 is 0. The molecular formula is C12H22O4S. The van der Waals surface area contributed by atoms with E-state index >= 15 is 0 Å². The van der Waals surface area contributed by atoms with Crippen LogP contribution in [0.25, 0.3) is 0 Å². The zero-order chi connectivity index (χ0) is 12.9. The molecule has 1 N–H and O–H groups in total. The van der Waals surface area contributed by atoms with Crippen molar-refractivity contribution >= 4 is 15.8 Å². The van der Waals surface area contributed by atoms with Crippen LogP contribution in [0.15, 0.2) is 0 Å². The van der Waals surface area contributed by atoms with Crippen LogP contribution in [0.5, 0.6) is 0 Å².